The molecule has 11 heteroatoms. The van der Waals surface area contributed by atoms with Gasteiger partial charge in [-0.3, -0.25) is 19.2 Å². The number of imide groups is 1. The summed E-state index contributed by atoms with van der Waals surface area (Å²) in [5.41, 5.74) is 1.15. The Labute approximate surface area is 248 Å². The van der Waals surface area contributed by atoms with Crippen LogP contribution in [0.3, 0.4) is 0 Å². The van der Waals surface area contributed by atoms with Crippen molar-refractivity contribution in [2.24, 2.45) is 17.8 Å². The van der Waals surface area contributed by atoms with Crippen molar-refractivity contribution < 1.29 is 31.8 Å². The van der Waals surface area contributed by atoms with Crippen LogP contribution in [-0.4, -0.2) is 48.5 Å². The lowest BCUT2D eigenvalue weighted by Crippen LogP contribution is -2.52. The summed E-state index contributed by atoms with van der Waals surface area (Å²) >= 11 is 5.97. The topological polar surface area (TPSA) is 118 Å². The molecule has 0 saturated carbocycles. The normalized spacial score (nSPS) is 19.9. The molecule has 1 aliphatic heterocycles. The molecule has 0 bridgehead atoms. The Morgan fingerprint density at radius 3 is 2.17 bits per heavy atom. The first-order valence-corrected chi connectivity index (χ1v) is 15.0. The van der Waals surface area contributed by atoms with E-state index in [-0.39, 0.29) is 27.7 Å². The second-order valence-electron chi connectivity index (χ2n) is 10.3. The second kappa shape index (κ2) is 11.5. The van der Waals surface area contributed by atoms with E-state index >= 15 is 0 Å². The number of rotatable bonds is 8. The van der Waals surface area contributed by atoms with E-state index in [1.165, 1.54) is 60.7 Å². The van der Waals surface area contributed by atoms with Crippen molar-refractivity contribution in [2.75, 3.05) is 6.54 Å². The lowest BCUT2D eigenvalue weighted by Gasteiger charge is -2.30. The first kappa shape index (κ1) is 29.2. The molecule has 0 spiro atoms. The lowest BCUT2D eigenvalue weighted by molar-refractivity contribution is -0.154. The molecule has 0 aromatic heterocycles. The molecule has 1 heterocycles. The van der Waals surface area contributed by atoms with E-state index in [0.29, 0.717) is 11.4 Å². The molecule has 1 saturated heterocycles. The Kier molecular flexibility index (Phi) is 8.03. The summed E-state index contributed by atoms with van der Waals surface area (Å²) in [6, 6.07) is 17.4. The molecule has 1 aliphatic carbocycles. The quantitative estimate of drug-likeness (QED) is 0.156. The second-order valence-corrected chi connectivity index (χ2v) is 12.3. The van der Waals surface area contributed by atoms with Crippen molar-refractivity contribution in [3.63, 3.8) is 0 Å². The van der Waals surface area contributed by atoms with Crippen LogP contribution in [0.2, 0.25) is 5.02 Å². The SMILES string of the molecule is Cc1ccc(S(=O)(=O)Oc2ccc(C(=O)CN(C(=O)c3ccc(Cl)cc3)N3C(=O)[C@H]4[C@H](C)C=CC[C@H]4C3=O)cc2)cc1. The number of ketones is 1. The van der Waals surface area contributed by atoms with Crippen LogP contribution in [0.5, 0.6) is 5.75 Å². The van der Waals surface area contributed by atoms with Gasteiger partial charge >= 0.3 is 10.1 Å². The van der Waals surface area contributed by atoms with Crippen molar-refractivity contribution in [3.05, 3.63) is 107 Å². The van der Waals surface area contributed by atoms with Crippen LogP contribution in [0.1, 0.15) is 39.6 Å². The summed E-state index contributed by atoms with van der Waals surface area (Å²) in [5.74, 6) is -3.86. The van der Waals surface area contributed by atoms with Gasteiger partial charge in [-0.1, -0.05) is 48.4 Å². The number of allylic oxidation sites excluding steroid dienone is 2. The number of hydrazine groups is 1. The van der Waals surface area contributed by atoms with E-state index in [2.05, 4.69) is 0 Å². The molecule has 1 fully saturated rings. The fraction of sp³-hybridized carbons (Fsp3) is 0.226. The van der Waals surface area contributed by atoms with Gasteiger partial charge in [0, 0.05) is 16.1 Å². The highest BCUT2D eigenvalue weighted by molar-refractivity contribution is 7.87. The summed E-state index contributed by atoms with van der Waals surface area (Å²) in [7, 11) is -4.10. The van der Waals surface area contributed by atoms with Gasteiger partial charge in [0.1, 0.15) is 17.2 Å². The molecule has 9 nitrogen and oxygen atoms in total. The minimum absolute atomic E-state index is 0.0170. The van der Waals surface area contributed by atoms with E-state index in [4.69, 9.17) is 15.8 Å². The molecule has 216 valence electrons. The summed E-state index contributed by atoms with van der Waals surface area (Å²) in [6.45, 7) is 3.06. The predicted octanol–water partition coefficient (Wildman–Crippen LogP) is 4.85. The van der Waals surface area contributed by atoms with E-state index in [9.17, 15) is 27.6 Å². The zero-order chi connectivity index (χ0) is 30.2. The van der Waals surface area contributed by atoms with Gasteiger partial charge < -0.3 is 4.18 Å². The third kappa shape index (κ3) is 5.73. The minimum atomic E-state index is -4.10. The largest absolute Gasteiger partial charge is 0.379 e. The molecule has 3 aromatic carbocycles. The smallest absolute Gasteiger partial charge is 0.339 e. The van der Waals surface area contributed by atoms with Crippen molar-refractivity contribution in [1.82, 2.24) is 10.0 Å². The van der Waals surface area contributed by atoms with Gasteiger partial charge in [0.25, 0.3) is 17.7 Å². The van der Waals surface area contributed by atoms with Crippen LogP contribution in [0, 0.1) is 24.7 Å². The summed E-state index contributed by atoms with van der Waals surface area (Å²) in [4.78, 5) is 54.0. The van der Waals surface area contributed by atoms with Crippen LogP contribution in [0.15, 0.2) is 89.8 Å². The van der Waals surface area contributed by atoms with E-state index in [1.54, 1.807) is 12.1 Å². The monoisotopic (exact) mass is 606 g/mol. The molecule has 3 atom stereocenters. The Hall–Kier alpha value is -4.28. The Morgan fingerprint density at radius 1 is 0.929 bits per heavy atom. The van der Waals surface area contributed by atoms with Gasteiger partial charge in [-0.05, 0) is 79.9 Å². The number of carbonyl (C=O) groups is 4. The van der Waals surface area contributed by atoms with Gasteiger partial charge in [-0.2, -0.15) is 13.4 Å². The van der Waals surface area contributed by atoms with Crippen molar-refractivity contribution in [1.29, 1.82) is 0 Å². The maximum atomic E-state index is 13.6. The molecule has 0 N–H and O–H groups in total. The maximum Gasteiger partial charge on any atom is 0.339 e. The molecule has 2 aliphatic rings. The summed E-state index contributed by atoms with van der Waals surface area (Å²) in [6.07, 6.45) is 4.08. The molecule has 0 unspecified atom stereocenters. The Morgan fingerprint density at radius 2 is 1.55 bits per heavy atom. The molecule has 42 heavy (non-hydrogen) atoms. The molecular weight excluding hydrogens is 580 g/mol. The van der Waals surface area contributed by atoms with Gasteiger partial charge in [-0.25, -0.2) is 5.01 Å². The summed E-state index contributed by atoms with van der Waals surface area (Å²) < 4.78 is 30.5. The third-order valence-electron chi connectivity index (χ3n) is 7.40. The third-order valence-corrected chi connectivity index (χ3v) is 8.92. The minimum Gasteiger partial charge on any atom is -0.379 e. The van der Waals surface area contributed by atoms with Crippen LogP contribution >= 0.6 is 11.6 Å². The zero-order valence-electron chi connectivity index (χ0n) is 22.8. The number of benzene rings is 3. The molecule has 3 aromatic rings. The fourth-order valence-electron chi connectivity index (χ4n) is 5.15. The van der Waals surface area contributed by atoms with Crippen LogP contribution < -0.4 is 4.18 Å². The van der Waals surface area contributed by atoms with E-state index < -0.39 is 52.0 Å². The summed E-state index contributed by atoms with van der Waals surface area (Å²) in [5, 5.41) is 2.08. The first-order chi connectivity index (χ1) is 20.0. The first-order valence-electron chi connectivity index (χ1n) is 13.2. The standard InChI is InChI=1S/C31H27ClN2O7S/c1-19-6-16-25(17-7-19)42(39,40)41-24-14-10-21(11-15-24)27(35)18-33(29(36)22-8-12-23(32)13-9-22)34-30(37)26-5-3-4-20(2)28(26)31(34)38/h3-4,6-17,20,26,28H,5,18H2,1-2H3/t20-,26-,28+/m1/s1. The van der Waals surface area contributed by atoms with Gasteiger partial charge in [0.15, 0.2) is 5.78 Å². The number of carbonyl (C=O) groups excluding carboxylic acids is 4. The van der Waals surface area contributed by atoms with E-state index in [1.807, 2.05) is 26.0 Å². The molecule has 5 rings (SSSR count). The van der Waals surface area contributed by atoms with Crippen molar-refractivity contribution >= 4 is 45.2 Å². The number of Topliss-reactive ketones (excluding diaryl/α,β-unsaturated/α-hetero) is 1. The van der Waals surface area contributed by atoms with Gasteiger partial charge in [0.2, 0.25) is 0 Å². The number of aryl methyl sites for hydroxylation is 1. The van der Waals surface area contributed by atoms with E-state index in [0.717, 1.165) is 15.6 Å². The Bertz CT molecular complexity index is 1680. The number of halogens is 1. The molecule has 0 radical (unpaired) electrons. The molecular formula is C31H27ClN2O7S. The van der Waals surface area contributed by atoms with Crippen LogP contribution in [0.25, 0.3) is 0 Å². The molecule has 3 amide bonds. The average molecular weight is 607 g/mol. The van der Waals surface area contributed by atoms with Gasteiger partial charge in [0.05, 0.1) is 11.8 Å². The number of hydrogen-bond acceptors (Lipinski definition) is 7. The Balaban J connectivity index is 1.39. The lowest BCUT2D eigenvalue weighted by atomic mass is 9.78. The maximum absolute atomic E-state index is 13.6. The van der Waals surface area contributed by atoms with Crippen molar-refractivity contribution in [3.8, 4) is 5.75 Å². The van der Waals surface area contributed by atoms with Crippen molar-refractivity contribution in [2.45, 2.75) is 25.2 Å². The fourth-order valence-corrected chi connectivity index (χ4v) is 6.20. The number of fused-ring (bicyclic) bond motifs is 1. The zero-order valence-corrected chi connectivity index (χ0v) is 24.3. The number of hydrogen-bond donors (Lipinski definition) is 0. The van der Waals surface area contributed by atoms with Crippen LogP contribution in [-0.2, 0) is 19.7 Å². The average Bonchev–Trinajstić information content (AvgIpc) is 3.22. The highest BCUT2D eigenvalue weighted by Crippen LogP contribution is 2.39. The number of nitrogens with zero attached hydrogens (tertiary/aromatic N) is 2. The van der Waals surface area contributed by atoms with Crippen LogP contribution in [0.4, 0.5) is 0 Å². The highest BCUT2D eigenvalue weighted by atomic mass is 35.5. The number of amides is 3. The predicted molar refractivity (Wildman–Crippen MR) is 154 cm³/mol. The highest BCUT2D eigenvalue weighted by Gasteiger charge is 2.53. The van der Waals surface area contributed by atoms with Gasteiger partial charge in [-0.15, -0.1) is 0 Å².